The molecule has 0 aliphatic carbocycles. The van der Waals surface area contributed by atoms with Crippen molar-refractivity contribution < 1.29 is 0 Å². The molecular formula is C11H17NS. The first-order chi connectivity index (χ1) is 6.05. The quantitative estimate of drug-likeness (QED) is 0.545. The molecule has 1 rings (SSSR count). The number of hydrogen-bond acceptors (Lipinski definition) is 2. The van der Waals surface area contributed by atoms with Crippen LogP contribution in [0.4, 0.5) is 5.69 Å². The summed E-state index contributed by atoms with van der Waals surface area (Å²) >= 11 is 4.16. The molecule has 0 heterocycles. The molecule has 0 spiro atoms. The highest BCUT2D eigenvalue weighted by molar-refractivity contribution is 7.80. The van der Waals surface area contributed by atoms with Crippen molar-refractivity contribution in [2.75, 3.05) is 11.2 Å². The van der Waals surface area contributed by atoms with Gasteiger partial charge in [-0.05, 0) is 17.0 Å². The number of thiol groups is 1. The lowest BCUT2D eigenvalue weighted by Crippen LogP contribution is -2.14. The number of para-hydroxylation sites is 1. The molecule has 72 valence electrons. The van der Waals surface area contributed by atoms with Crippen LogP contribution >= 0.6 is 12.6 Å². The van der Waals surface area contributed by atoms with Crippen LogP contribution in [0.3, 0.4) is 0 Å². The van der Waals surface area contributed by atoms with E-state index in [0.29, 0.717) is 5.88 Å². The van der Waals surface area contributed by atoms with Gasteiger partial charge in [0.2, 0.25) is 0 Å². The molecule has 1 aromatic rings. The monoisotopic (exact) mass is 195 g/mol. The minimum atomic E-state index is 0.187. The second-order valence-corrected chi connectivity index (χ2v) is 4.45. The summed E-state index contributed by atoms with van der Waals surface area (Å²) < 4.78 is 0. The molecule has 0 saturated carbocycles. The van der Waals surface area contributed by atoms with E-state index in [4.69, 9.17) is 0 Å². The third kappa shape index (κ3) is 2.66. The van der Waals surface area contributed by atoms with E-state index in [1.54, 1.807) is 0 Å². The van der Waals surface area contributed by atoms with Crippen LogP contribution in [0.25, 0.3) is 0 Å². The zero-order valence-corrected chi connectivity index (χ0v) is 9.36. The lowest BCUT2D eigenvalue weighted by molar-refractivity contribution is 0.592. The van der Waals surface area contributed by atoms with Crippen molar-refractivity contribution in [3.8, 4) is 0 Å². The van der Waals surface area contributed by atoms with Crippen molar-refractivity contribution in [3.05, 3.63) is 29.8 Å². The molecule has 0 bridgehead atoms. The van der Waals surface area contributed by atoms with Crippen molar-refractivity contribution >= 4 is 18.3 Å². The smallest absolute Gasteiger partial charge is 0.0581 e. The molecule has 0 saturated heterocycles. The lowest BCUT2D eigenvalue weighted by atomic mass is 9.86. The molecule has 0 amide bonds. The molecule has 1 nitrogen and oxygen atoms in total. The normalized spacial score (nSPS) is 11.4. The van der Waals surface area contributed by atoms with Gasteiger partial charge in [-0.2, -0.15) is 12.6 Å². The van der Waals surface area contributed by atoms with Gasteiger partial charge >= 0.3 is 0 Å². The van der Waals surface area contributed by atoms with Crippen LogP contribution < -0.4 is 5.32 Å². The predicted molar refractivity (Wildman–Crippen MR) is 62.6 cm³/mol. The van der Waals surface area contributed by atoms with Gasteiger partial charge in [0, 0.05) is 5.69 Å². The molecule has 0 aliphatic heterocycles. The molecule has 1 N–H and O–H groups in total. The fourth-order valence-corrected chi connectivity index (χ4v) is 1.55. The molecule has 0 aromatic heterocycles. The summed E-state index contributed by atoms with van der Waals surface area (Å²) in [5.41, 5.74) is 2.71. The van der Waals surface area contributed by atoms with E-state index in [2.05, 4.69) is 56.9 Å². The number of anilines is 1. The minimum absolute atomic E-state index is 0.187. The average molecular weight is 195 g/mol. The Morgan fingerprint density at radius 3 is 2.38 bits per heavy atom. The maximum absolute atomic E-state index is 4.16. The molecule has 0 unspecified atom stereocenters. The number of hydrogen-bond donors (Lipinski definition) is 2. The highest BCUT2D eigenvalue weighted by Gasteiger charge is 2.16. The van der Waals surface area contributed by atoms with Crippen LogP contribution in [0.2, 0.25) is 0 Å². The maximum atomic E-state index is 4.16. The molecular weight excluding hydrogens is 178 g/mol. The van der Waals surface area contributed by atoms with Crippen LogP contribution in [-0.4, -0.2) is 5.88 Å². The SMILES string of the molecule is CC(C)(C)c1ccccc1NCS. The Morgan fingerprint density at radius 1 is 1.23 bits per heavy atom. The maximum Gasteiger partial charge on any atom is 0.0581 e. The topological polar surface area (TPSA) is 12.0 Å². The molecule has 13 heavy (non-hydrogen) atoms. The Morgan fingerprint density at radius 2 is 1.85 bits per heavy atom. The van der Waals surface area contributed by atoms with E-state index in [1.165, 1.54) is 11.3 Å². The van der Waals surface area contributed by atoms with Gasteiger partial charge in [0.05, 0.1) is 5.88 Å². The summed E-state index contributed by atoms with van der Waals surface area (Å²) in [4.78, 5) is 0. The van der Waals surface area contributed by atoms with Crippen molar-refractivity contribution in [1.82, 2.24) is 0 Å². The summed E-state index contributed by atoms with van der Waals surface area (Å²) in [6, 6.07) is 8.37. The summed E-state index contributed by atoms with van der Waals surface area (Å²) in [5.74, 6) is 0.674. The molecule has 0 atom stereocenters. The van der Waals surface area contributed by atoms with E-state index >= 15 is 0 Å². The molecule has 0 radical (unpaired) electrons. The number of nitrogens with one attached hydrogen (secondary N) is 1. The van der Waals surface area contributed by atoms with E-state index < -0.39 is 0 Å². The highest BCUT2D eigenvalue weighted by atomic mass is 32.1. The van der Waals surface area contributed by atoms with Gasteiger partial charge in [-0.1, -0.05) is 39.0 Å². The van der Waals surface area contributed by atoms with Crippen LogP contribution in [0.1, 0.15) is 26.3 Å². The summed E-state index contributed by atoms with van der Waals surface area (Å²) in [7, 11) is 0. The van der Waals surface area contributed by atoms with Crippen molar-refractivity contribution in [3.63, 3.8) is 0 Å². The number of rotatable bonds is 2. The molecule has 2 heteroatoms. The van der Waals surface area contributed by atoms with Crippen LogP contribution in [0.15, 0.2) is 24.3 Å². The van der Waals surface area contributed by atoms with E-state index in [-0.39, 0.29) is 5.41 Å². The Bertz CT molecular complexity index is 276. The molecule has 1 aromatic carbocycles. The minimum Gasteiger partial charge on any atom is -0.376 e. The second kappa shape index (κ2) is 4.05. The Labute approximate surface area is 86.0 Å². The van der Waals surface area contributed by atoms with Gasteiger partial charge in [-0.3, -0.25) is 0 Å². The standard InChI is InChI=1S/C11H17NS/c1-11(2,3)9-6-4-5-7-10(9)12-8-13/h4-7,12-13H,8H2,1-3H3. The Hall–Kier alpha value is -0.630. The third-order valence-electron chi connectivity index (χ3n) is 2.00. The van der Waals surface area contributed by atoms with Crippen molar-refractivity contribution in [2.24, 2.45) is 0 Å². The van der Waals surface area contributed by atoms with Crippen LogP contribution in [0, 0.1) is 0 Å². The lowest BCUT2D eigenvalue weighted by Gasteiger charge is -2.22. The van der Waals surface area contributed by atoms with Gasteiger partial charge in [-0.15, -0.1) is 0 Å². The second-order valence-electron chi connectivity index (χ2n) is 4.13. The third-order valence-corrected chi connectivity index (χ3v) is 2.16. The zero-order valence-electron chi connectivity index (χ0n) is 8.46. The summed E-state index contributed by atoms with van der Waals surface area (Å²) in [6.07, 6.45) is 0. The van der Waals surface area contributed by atoms with Crippen LogP contribution in [-0.2, 0) is 5.41 Å². The van der Waals surface area contributed by atoms with Gasteiger partial charge in [-0.25, -0.2) is 0 Å². The summed E-state index contributed by atoms with van der Waals surface area (Å²) in [6.45, 7) is 6.64. The van der Waals surface area contributed by atoms with Crippen molar-refractivity contribution in [2.45, 2.75) is 26.2 Å². The number of benzene rings is 1. The van der Waals surface area contributed by atoms with E-state index in [0.717, 1.165) is 0 Å². The first kappa shape index (κ1) is 10.5. The van der Waals surface area contributed by atoms with Gasteiger partial charge < -0.3 is 5.32 Å². The first-order valence-corrected chi connectivity index (χ1v) is 5.13. The van der Waals surface area contributed by atoms with Gasteiger partial charge in [0.25, 0.3) is 0 Å². The first-order valence-electron chi connectivity index (χ1n) is 4.50. The Kier molecular flexibility index (Phi) is 3.26. The summed E-state index contributed by atoms with van der Waals surface area (Å²) in [5, 5.41) is 3.25. The predicted octanol–water partition coefficient (Wildman–Crippen LogP) is 3.28. The fraction of sp³-hybridized carbons (Fsp3) is 0.455. The van der Waals surface area contributed by atoms with Crippen LogP contribution in [0.5, 0.6) is 0 Å². The largest absolute Gasteiger partial charge is 0.376 e. The van der Waals surface area contributed by atoms with Gasteiger partial charge in [0.1, 0.15) is 0 Å². The Balaban J connectivity index is 3.05. The van der Waals surface area contributed by atoms with Gasteiger partial charge in [0.15, 0.2) is 0 Å². The average Bonchev–Trinajstić information content (AvgIpc) is 2.04. The van der Waals surface area contributed by atoms with Crippen molar-refractivity contribution in [1.29, 1.82) is 0 Å². The zero-order chi connectivity index (χ0) is 9.90. The molecule has 0 aliphatic rings. The molecule has 0 fully saturated rings. The van der Waals surface area contributed by atoms with E-state index in [1.807, 2.05) is 6.07 Å². The fourth-order valence-electron chi connectivity index (χ4n) is 1.38. The highest BCUT2D eigenvalue weighted by Crippen LogP contribution is 2.28. The van der Waals surface area contributed by atoms with E-state index in [9.17, 15) is 0 Å².